The van der Waals surface area contributed by atoms with Gasteiger partial charge in [-0.25, -0.2) is 8.42 Å². The van der Waals surface area contributed by atoms with Crippen LogP contribution in [-0.2, 0) is 26.6 Å². The number of nitrogens with zero attached hydrogens (tertiary/aromatic N) is 3. The Morgan fingerprint density at radius 3 is 2.67 bits per heavy atom. The standard InChI is InChI=1S/C9H14ClN3O4S/c1-12(5-4-8(14)17-3)18(15,16)9-7(10)6-11-13(9)2/h6H,4-5H2,1-3H3. The Balaban J connectivity index is 2.91. The number of halogens is 1. The first-order valence-electron chi connectivity index (χ1n) is 5.01. The molecule has 0 unspecified atom stereocenters. The summed E-state index contributed by atoms with van der Waals surface area (Å²) in [5.41, 5.74) is 0. The molecule has 1 rings (SSSR count). The molecule has 0 saturated heterocycles. The predicted octanol–water partition coefficient (Wildman–Crippen LogP) is 0.257. The topological polar surface area (TPSA) is 81.5 Å². The molecule has 0 bridgehead atoms. The molecule has 0 amide bonds. The number of carbonyl (C=O) groups excluding carboxylic acids is 1. The summed E-state index contributed by atoms with van der Waals surface area (Å²) >= 11 is 5.78. The van der Waals surface area contributed by atoms with Gasteiger partial charge in [-0.05, 0) is 0 Å². The molecule has 0 aromatic carbocycles. The summed E-state index contributed by atoms with van der Waals surface area (Å²) < 4.78 is 31.0. The van der Waals surface area contributed by atoms with Crippen molar-refractivity contribution in [3.8, 4) is 0 Å². The van der Waals surface area contributed by atoms with Crippen molar-refractivity contribution < 1.29 is 17.9 Å². The molecular formula is C9H14ClN3O4S. The van der Waals surface area contributed by atoms with E-state index in [9.17, 15) is 13.2 Å². The molecule has 1 aromatic rings. The second-order valence-corrected chi connectivity index (χ2v) is 5.94. The Kier molecular flexibility index (Phi) is 4.71. The van der Waals surface area contributed by atoms with Gasteiger partial charge in [-0.2, -0.15) is 9.40 Å². The van der Waals surface area contributed by atoms with Gasteiger partial charge in [-0.1, -0.05) is 11.6 Å². The zero-order chi connectivity index (χ0) is 13.9. The SMILES string of the molecule is COC(=O)CCN(C)S(=O)(=O)c1c(Cl)cnn1C. The van der Waals surface area contributed by atoms with Crippen molar-refractivity contribution in [3.63, 3.8) is 0 Å². The molecule has 0 atom stereocenters. The number of aryl methyl sites for hydroxylation is 1. The lowest BCUT2D eigenvalue weighted by molar-refractivity contribution is -0.140. The quantitative estimate of drug-likeness (QED) is 0.728. The average Bonchev–Trinajstić information content (AvgIpc) is 2.65. The van der Waals surface area contributed by atoms with E-state index in [1.54, 1.807) is 0 Å². The summed E-state index contributed by atoms with van der Waals surface area (Å²) in [5.74, 6) is -0.479. The zero-order valence-corrected chi connectivity index (χ0v) is 11.8. The van der Waals surface area contributed by atoms with Crippen LogP contribution in [0.25, 0.3) is 0 Å². The number of ether oxygens (including phenoxy) is 1. The molecule has 0 N–H and O–H groups in total. The van der Waals surface area contributed by atoms with Crippen LogP contribution in [0, 0.1) is 0 Å². The third-order valence-corrected chi connectivity index (χ3v) is 4.72. The lowest BCUT2D eigenvalue weighted by Gasteiger charge is -2.16. The number of sulfonamides is 1. The minimum absolute atomic E-state index is 0.0104. The Bertz CT molecular complexity index is 521. The van der Waals surface area contributed by atoms with Gasteiger partial charge in [0.1, 0.15) is 0 Å². The maximum atomic E-state index is 12.2. The van der Waals surface area contributed by atoms with Crippen LogP contribution in [0.3, 0.4) is 0 Å². The Morgan fingerprint density at radius 2 is 2.22 bits per heavy atom. The van der Waals surface area contributed by atoms with Crippen molar-refractivity contribution in [3.05, 3.63) is 11.2 Å². The largest absolute Gasteiger partial charge is 0.469 e. The summed E-state index contributed by atoms with van der Waals surface area (Å²) in [7, 11) is 0.320. The van der Waals surface area contributed by atoms with Gasteiger partial charge in [-0.15, -0.1) is 0 Å². The first kappa shape index (κ1) is 14.9. The summed E-state index contributed by atoms with van der Waals surface area (Å²) in [6, 6.07) is 0. The molecule has 102 valence electrons. The maximum Gasteiger partial charge on any atom is 0.306 e. The van der Waals surface area contributed by atoms with Gasteiger partial charge in [0.2, 0.25) is 0 Å². The van der Waals surface area contributed by atoms with Crippen LogP contribution < -0.4 is 0 Å². The summed E-state index contributed by atoms with van der Waals surface area (Å²) in [5, 5.41) is 3.71. The minimum Gasteiger partial charge on any atom is -0.469 e. The van der Waals surface area contributed by atoms with Gasteiger partial charge >= 0.3 is 5.97 Å². The van der Waals surface area contributed by atoms with Crippen molar-refractivity contribution in [2.75, 3.05) is 20.7 Å². The summed E-state index contributed by atoms with van der Waals surface area (Å²) in [4.78, 5) is 11.0. The van der Waals surface area contributed by atoms with E-state index in [4.69, 9.17) is 11.6 Å². The van der Waals surface area contributed by atoms with Crippen molar-refractivity contribution in [2.45, 2.75) is 11.4 Å². The molecule has 0 saturated carbocycles. The van der Waals surface area contributed by atoms with Gasteiger partial charge in [0, 0.05) is 20.6 Å². The highest BCUT2D eigenvalue weighted by molar-refractivity contribution is 7.89. The molecule has 0 spiro atoms. The fourth-order valence-electron chi connectivity index (χ4n) is 1.31. The van der Waals surface area contributed by atoms with Gasteiger partial charge in [0.15, 0.2) is 5.03 Å². The molecule has 18 heavy (non-hydrogen) atoms. The molecule has 0 aliphatic rings. The third-order valence-electron chi connectivity index (χ3n) is 2.36. The zero-order valence-electron chi connectivity index (χ0n) is 10.3. The first-order chi connectivity index (χ1) is 8.30. The Labute approximate surface area is 110 Å². The molecule has 0 fully saturated rings. The van der Waals surface area contributed by atoms with Crippen molar-refractivity contribution in [1.82, 2.24) is 14.1 Å². The lowest BCUT2D eigenvalue weighted by Crippen LogP contribution is -2.31. The number of aromatic nitrogens is 2. The van der Waals surface area contributed by atoms with Crippen LogP contribution >= 0.6 is 11.6 Å². The number of methoxy groups -OCH3 is 1. The highest BCUT2D eigenvalue weighted by Gasteiger charge is 2.27. The summed E-state index contributed by atoms with van der Waals surface area (Å²) in [6.45, 7) is 0.0104. The van der Waals surface area contributed by atoms with E-state index in [-0.39, 0.29) is 23.0 Å². The van der Waals surface area contributed by atoms with E-state index >= 15 is 0 Å². The van der Waals surface area contributed by atoms with Crippen molar-refractivity contribution >= 4 is 27.6 Å². The van der Waals surface area contributed by atoms with E-state index in [1.807, 2.05) is 0 Å². The van der Waals surface area contributed by atoms with Crippen LogP contribution in [0.4, 0.5) is 0 Å². The van der Waals surface area contributed by atoms with E-state index < -0.39 is 16.0 Å². The highest BCUT2D eigenvalue weighted by atomic mass is 35.5. The molecule has 0 radical (unpaired) electrons. The van der Waals surface area contributed by atoms with Gasteiger partial charge < -0.3 is 4.74 Å². The number of esters is 1. The van der Waals surface area contributed by atoms with Crippen LogP contribution in [0.1, 0.15) is 6.42 Å². The van der Waals surface area contributed by atoms with E-state index in [1.165, 1.54) is 32.1 Å². The molecule has 1 aromatic heterocycles. The molecule has 7 nitrogen and oxygen atoms in total. The van der Waals surface area contributed by atoms with Crippen LogP contribution in [-0.4, -0.2) is 49.2 Å². The molecule has 1 heterocycles. The number of carbonyl (C=O) groups is 1. The average molecular weight is 296 g/mol. The lowest BCUT2D eigenvalue weighted by atomic mass is 10.4. The monoisotopic (exact) mass is 295 g/mol. The Morgan fingerprint density at radius 1 is 1.61 bits per heavy atom. The minimum atomic E-state index is -3.77. The van der Waals surface area contributed by atoms with Gasteiger partial charge in [0.05, 0.1) is 24.8 Å². The second-order valence-electron chi connectivity index (χ2n) is 3.57. The second kappa shape index (κ2) is 5.68. The number of rotatable bonds is 5. The fourth-order valence-corrected chi connectivity index (χ4v) is 3.07. The fraction of sp³-hybridized carbons (Fsp3) is 0.556. The summed E-state index contributed by atoms with van der Waals surface area (Å²) in [6.07, 6.45) is 1.23. The normalized spacial score (nSPS) is 11.8. The van der Waals surface area contributed by atoms with Crippen LogP contribution in [0.5, 0.6) is 0 Å². The maximum absolute atomic E-state index is 12.2. The van der Waals surface area contributed by atoms with Crippen LogP contribution in [0.15, 0.2) is 11.2 Å². The molecule has 0 aliphatic heterocycles. The van der Waals surface area contributed by atoms with E-state index in [0.29, 0.717) is 0 Å². The highest BCUT2D eigenvalue weighted by Crippen LogP contribution is 2.22. The molecular weight excluding hydrogens is 282 g/mol. The van der Waals surface area contributed by atoms with E-state index in [2.05, 4.69) is 9.84 Å². The van der Waals surface area contributed by atoms with E-state index in [0.717, 1.165) is 4.31 Å². The van der Waals surface area contributed by atoms with Crippen molar-refractivity contribution in [1.29, 1.82) is 0 Å². The van der Waals surface area contributed by atoms with Crippen molar-refractivity contribution in [2.24, 2.45) is 7.05 Å². The number of hydrogen-bond donors (Lipinski definition) is 0. The Hall–Kier alpha value is -1.12. The first-order valence-corrected chi connectivity index (χ1v) is 6.83. The van der Waals surface area contributed by atoms with Crippen LogP contribution in [0.2, 0.25) is 5.02 Å². The number of hydrogen-bond acceptors (Lipinski definition) is 5. The smallest absolute Gasteiger partial charge is 0.306 e. The van der Waals surface area contributed by atoms with Gasteiger partial charge in [-0.3, -0.25) is 9.48 Å². The van der Waals surface area contributed by atoms with Gasteiger partial charge in [0.25, 0.3) is 10.0 Å². The molecule has 9 heteroatoms. The molecule has 0 aliphatic carbocycles. The third kappa shape index (κ3) is 3.01. The predicted molar refractivity (Wildman–Crippen MR) is 64.7 cm³/mol.